The van der Waals surface area contributed by atoms with Gasteiger partial charge in [0.2, 0.25) is 6.79 Å². The van der Waals surface area contributed by atoms with Gasteiger partial charge in [-0.25, -0.2) is 0 Å². The predicted molar refractivity (Wildman–Crippen MR) is 60.8 cm³/mol. The Hall–Kier alpha value is -2.17. The molecular weight excluding hydrogens is 222 g/mol. The molecule has 0 radical (unpaired) electrons. The zero-order valence-corrected chi connectivity index (χ0v) is 9.51. The minimum atomic E-state index is -0.500. The molecule has 0 aromatic carbocycles. The molecular formula is C12H13NO4. The highest BCUT2D eigenvalue weighted by Crippen LogP contribution is 2.04. The number of aromatic nitrogens is 1. The molecule has 1 aromatic heterocycles. The molecule has 1 heterocycles. The first-order chi connectivity index (χ1) is 8.11. The van der Waals surface area contributed by atoms with Crippen molar-refractivity contribution in [2.24, 2.45) is 0 Å². The summed E-state index contributed by atoms with van der Waals surface area (Å²) in [4.78, 5) is 25.8. The number of esters is 2. The molecule has 0 aliphatic heterocycles. The summed E-state index contributed by atoms with van der Waals surface area (Å²) in [6.07, 6.45) is 3.28. The number of hydrogen-bond acceptors (Lipinski definition) is 5. The smallest absolute Gasteiger partial charge is 0.314 e. The summed E-state index contributed by atoms with van der Waals surface area (Å²) in [5.41, 5.74) is 1.46. The molecule has 0 amide bonds. The summed E-state index contributed by atoms with van der Waals surface area (Å²) in [7, 11) is 0. The summed E-state index contributed by atoms with van der Waals surface area (Å²) in [6.45, 7) is 4.49. The first kappa shape index (κ1) is 12.9. The predicted octanol–water partition coefficient (Wildman–Crippen LogP) is 1.33. The molecule has 1 aromatic rings. The van der Waals surface area contributed by atoms with Crippen molar-refractivity contribution in [3.8, 4) is 0 Å². The molecule has 5 heteroatoms. The van der Waals surface area contributed by atoms with Crippen molar-refractivity contribution in [1.82, 2.24) is 4.98 Å². The van der Waals surface area contributed by atoms with E-state index in [1.807, 2.05) is 0 Å². The quantitative estimate of drug-likeness (QED) is 0.569. The van der Waals surface area contributed by atoms with E-state index in [0.717, 1.165) is 5.56 Å². The Morgan fingerprint density at radius 3 is 2.88 bits per heavy atom. The van der Waals surface area contributed by atoms with Crippen LogP contribution < -0.4 is 0 Å². The van der Waals surface area contributed by atoms with Crippen LogP contribution in [-0.2, 0) is 25.5 Å². The van der Waals surface area contributed by atoms with Crippen LogP contribution in [0.2, 0.25) is 0 Å². The molecule has 90 valence electrons. The topological polar surface area (TPSA) is 65.5 Å². The van der Waals surface area contributed by atoms with E-state index < -0.39 is 11.9 Å². The zero-order chi connectivity index (χ0) is 12.7. The minimum absolute atomic E-state index is 0.0307. The molecule has 0 fully saturated rings. The lowest BCUT2D eigenvalue weighted by Crippen LogP contribution is -2.13. The maximum atomic E-state index is 11.3. The van der Waals surface area contributed by atoms with Gasteiger partial charge in [-0.2, -0.15) is 0 Å². The summed E-state index contributed by atoms with van der Waals surface area (Å²) in [5.74, 6) is -0.996. The number of nitrogens with zero attached hydrogens (tertiary/aromatic N) is 1. The minimum Gasteiger partial charge on any atom is -0.428 e. The second kappa shape index (κ2) is 6.42. The van der Waals surface area contributed by atoms with Crippen LogP contribution in [0.4, 0.5) is 0 Å². The van der Waals surface area contributed by atoms with Gasteiger partial charge in [-0.15, -0.1) is 0 Å². The van der Waals surface area contributed by atoms with Crippen molar-refractivity contribution in [2.75, 3.05) is 6.79 Å². The van der Waals surface area contributed by atoms with E-state index in [-0.39, 0.29) is 13.2 Å². The van der Waals surface area contributed by atoms with Crippen LogP contribution in [0.25, 0.3) is 6.08 Å². The van der Waals surface area contributed by atoms with E-state index in [0.29, 0.717) is 5.69 Å². The SMILES string of the molecule is C=Cc1ccnc(CC(=O)OCOC(C)=O)c1. The summed E-state index contributed by atoms with van der Waals surface area (Å²) >= 11 is 0. The Balaban J connectivity index is 2.44. The zero-order valence-electron chi connectivity index (χ0n) is 9.51. The van der Waals surface area contributed by atoms with Gasteiger partial charge in [0.1, 0.15) is 0 Å². The summed E-state index contributed by atoms with van der Waals surface area (Å²) in [6, 6.07) is 3.51. The lowest BCUT2D eigenvalue weighted by Gasteiger charge is -2.04. The highest BCUT2D eigenvalue weighted by atomic mass is 16.7. The highest BCUT2D eigenvalue weighted by molar-refractivity contribution is 5.72. The molecule has 1 rings (SSSR count). The Kier molecular flexibility index (Phi) is 4.87. The Morgan fingerprint density at radius 2 is 2.24 bits per heavy atom. The molecule has 0 aliphatic carbocycles. The molecule has 0 saturated heterocycles. The average Bonchev–Trinajstić information content (AvgIpc) is 2.28. The normalized spacial score (nSPS) is 9.47. The van der Waals surface area contributed by atoms with Crippen molar-refractivity contribution in [1.29, 1.82) is 0 Å². The first-order valence-electron chi connectivity index (χ1n) is 4.98. The number of carbonyl (C=O) groups is 2. The lowest BCUT2D eigenvalue weighted by atomic mass is 10.2. The van der Waals surface area contributed by atoms with E-state index in [1.165, 1.54) is 6.92 Å². The van der Waals surface area contributed by atoms with Crippen LogP contribution in [0.15, 0.2) is 24.9 Å². The number of pyridine rings is 1. The van der Waals surface area contributed by atoms with Gasteiger partial charge in [0.15, 0.2) is 0 Å². The Morgan fingerprint density at radius 1 is 1.47 bits per heavy atom. The third-order valence-corrected chi connectivity index (χ3v) is 1.88. The number of hydrogen-bond donors (Lipinski definition) is 0. The maximum absolute atomic E-state index is 11.3. The van der Waals surface area contributed by atoms with Crippen LogP contribution in [-0.4, -0.2) is 23.7 Å². The summed E-state index contributed by atoms with van der Waals surface area (Å²) in [5, 5.41) is 0. The second-order valence-corrected chi connectivity index (χ2v) is 3.23. The van der Waals surface area contributed by atoms with E-state index >= 15 is 0 Å². The van der Waals surface area contributed by atoms with Gasteiger partial charge in [0.25, 0.3) is 0 Å². The van der Waals surface area contributed by atoms with E-state index in [4.69, 9.17) is 0 Å². The van der Waals surface area contributed by atoms with Crippen molar-refractivity contribution >= 4 is 18.0 Å². The van der Waals surface area contributed by atoms with Crippen LogP contribution in [0, 0.1) is 0 Å². The average molecular weight is 235 g/mol. The van der Waals surface area contributed by atoms with Gasteiger partial charge in [-0.3, -0.25) is 14.6 Å². The van der Waals surface area contributed by atoms with Crippen molar-refractivity contribution in [2.45, 2.75) is 13.3 Å². The van der Waals surface area contributed by atoms with Crippen LogP contribution in [0.1, 0.15) is 18.2 Å². The van der Waals surface area contributed by atoms with Gasteiger partial charge in [0.05, 0.1) is 12.1 Å². The third-order valence-electron chi connectivity index (χ3n) is 1.88. The van der Waals surface area contributed by atoms with Crippen molar-refractivity contribution < 1.29 is 19.1 Å². The molecule has 17 heavy (non-hydrogen) atoms. The fourth-order valence-corrected chi connectivity index (χ4v) is 1.10. The molecule has 5 nitrogen and oxygen atoms in total. The van der Waals surface area contributed by atoms with Crippen LogP contribution >= 0.6 is 0 Å². The highest BCUT2D eigenvalue weighted by Gasteiger charge is 2.06. The number of ether oxygens (including phenoxy) is 2. The van der Waals surface area contributed by atoms with E-state index in [9.17, 15) is 9.59 Å². The van der Waals surface area contributed by atoms with E-state index in [1.54, 1.807) is 24.4 Å². The summed E-state index contributed by atoms with van der Waals surface area (Å²) < 4.78 is 9.16. The Bertz CT molecular complexity index is 428. The number of rotatable bonds is 5. The van der Waals surface area contributed by atoms with Gasteiger partial charge < -0.3 is 9.47 Å². The van der Waals surface area contributed by atoms with Gasteiger partial charge in [-0.05, 0) is 17.7 Å². The molecule has 0 unspecified atom stereocenters. The molecule has 0 bridgehead atoms. The fraction of sp³-hybridized carbons (Fsp3) is 0.250. The fourth-order valence-electron chi connectivity index (χ4n) is 1.10. The largest absolute Gasteiger partial charge is 0.428 e. The molecule has 0 N–H and O–H groups in total. The van der Waals surface area contributed by atoms with Gasteiger partial charge in [-0.1, -0.05) is 12.7 Å². The molecule has 0 atom stereocenters. The van der Waals surface area contributed by atoms with Crippen molar-refractivity contribution in [3.05, 3.63) is 36.2 Å². The number of carbonyl (C=O) groups excluding carboxylic acids is 2. The van der Waals surface area contributed by atoms with Gasteiger partial charge in [0, 0.05) is 13.1 Å². The standard InChI is InChI=1S/C12H13NO4/c1-3-10-4-5-13-11(6-10)7-12(15)17-8-16-9(2)14/h3-6H,1,7-8H2,2H3. The maximum Gasteiger partial charge on any atom is 0.314 e. The molecule has 0 saturated carbocycles. The Labute approximate surface area is 99.1 Å². The lowest BCUT2D eigenvalue weighted by molar-refractivity contribution is -0.165. The second-order valence-electron chi connectivity index (χ2n) is 3.23. The van der Waals surface area contributed by atoms with Gasteiger partial charge >= 0.3 is 11.9 Å². The molecule has 0 spiro atoms. The third kappa shape index (κ3) is 4.92. The van der Waals surface area contributed by atoms with Crippen LogP contribution in [0.5, 0.6) is 0 Å². The van der Waals surface area contributed by atoms with Crippen LogP contribution in [0.3, 0.4) is 0 Å². The van der Waals surface area contributed by atoms with E-state index in [2.05, 4.69) is 21.0 Å². The first-order valence-corrected chi connectivity index (χ1v) is 4.98. The van der Waals surface area contributed by atoms with Crippen molar-refractivity contribution in [3.63, 3.8) is 0 Å². The monoisotopic (exact) mass is 235 g/mol. The molecule has 0 aliphatic rings.